The number of nitrogens with zero attached hydrogens (tertiary/aromatic N) is 3. The number of benzene rings is 1. The molecule has 2 atom stereocenters. The van der Waals surface area contributed by atoms with Crippen LogP contribution in [0.2, 0.25) is 0 Å². The molecule has 180 valence electrons. The van der Waals surface area contributed by atoms with Crippen LogP contribution in [-0.2, 0) is 25.4 Å². The average Bonchev–Trinajstić information content (AvgIpc) is 3.34. The predicted octanol–water partition coefficient (Wildman–Crippen LogP) is 1.79. The summed E-state index contributed by atoms with van der Waals surface area (Å²) in [6.45, 7) is 8.48. The third-order valence-corrected chi connectivity index (χ3v) is 5.89. The molecule has 34 heavy (non-hydrogen) atoms. The quantitative estimate of drug-likeness (QED) is 0.559. The molecule has 3 heterocycles. The molecule has 10 heteroatoms. The number of ether oxygens (including phenoxy) is 3. The molecule has 3 N–H and O–H groups in total. The van der Waals surface area contributed by atoms with Crippen LogP contribution in [-0.4, -0.2) is 55.0 Å². The predicted molar refractivity (Wildman–Crippen MR) is 124 cm³/mol. The minimum Gasteiger partial charge on any atom is -0.363 e. The van der Waals surface area contributed by atoms with E-state index in [9.17, 15) is 10.1 Å². The van der Waals surface area contributed by atoms with E-state index in [0.717, 1.165) is 17.7 Å². The lowest BCUT2D eigenvalue weighted by atomic mass is 9.98. The highest BCUT2D eigenvalue weighted by molar-refractivity contribution is 5.79. The molecule has 0 bridgehead atoms. The Morgan fingerprint density at radius 2 is 2.03 bits per heavy atom. The lowest BCUT2D eigenvalue weighted by molar-refractivity contribution is -0.125. The zero-order valence-corrected chi connectivity index (χ0v) is 19.7. The van der Waals surface area contributed by atoms with Gasteiger partial charge in [0.25, 0.3) is 0 Å². The van der Waals surface area contributed by atoms with Crippen molar-refractivity contribution in [1.82, 2.24) is 20.6 Å². The smallest absolute Gasteiger partial charge is 0.228 e. The topological polar surface area (TPSA) is 130 Å². The molecule has 2 aliphatic rings. The molecule has 1 aromatic heterocycles. The van der Waals surface area contributed by atoms with Gasteiger partial charge in [0, 0.05) is 13.1 Å². The Morgan fingerprint density at radius 1 is 1.24 bits per heavy atom. The molecule has 1 aromatic carbocycles. The first kappa shape index (κ1) is 24.0. The first-order chi connectivity index (χ1) is 16.5. The summed E-state index contributed by atoms with van der Waals surface area (Å²) in [5.41, 5.74) is 3.67. The molecule has 1 amide bonds. The number of morpholine rings is 1. The molecule has 2 saturated heterocycles. The Balaban J connectivity index is 1.62. The van der Waals surface area contributed by atoms with Crippen molar-refractivity contribution in [3.05, 3.63) is 52.0 Å². The van der Waals surface area contributed by atoms with Crippen molar-refractivity contribution in [2.45, 2.75) is 45.8 Å². The van der Waals surface area contributed by atoms with Crippen molar-refractivity contribution in [1.29, 1.82) is 5.26 Å². The minimum atomic E-state index is -0.669. The molecule has 0 spiro atoms. The van der Waals surface area contributed by atoms with Gasteiger partial charge in [-0.2, -0.15) is 5.26 Å². The van der Waals surface area contributed by atoms with E-state index in [2.05, 4.69) is 32.0 Å². The monoisotopic (exact) mass is 466 g/mol. The number of nitriles is 1. The van der Waals surface area contributed by atoms with Crippen LogP contribution in [0, 0.1) is 25.2 Å². The van der Waals surface area contributed by atoms with Gasteiger partial charge < -0.3 is 30.2 Å². The number of hydrogen-bond acceptors (Lipinski definition) is 9. The third kappa shape index (κ3) is 5.51. The van der Waals surface area contributed by atoms with Crippen molar-refractivity contribution >= 4 is 11.7 Å². The maximum Gasteiger partial charge on any atom is 0.228 e. The lowest BCUT2D eigenvalue weighted by Gasteiger charge is -2.25. The molecule has 0 aliphatic carbocycles. The molecule has 2 aromatic rings. The van der Waals surface area contributed by atoms with Crippen molar-refractivity contribution in [3.8, 4) is 6.07 Å². The Labute approximate surface area is 199 Å². The average molecular weight is 467 g/mol. The highest BCUT2D eigenvalue weighted by atomic mass is 16.7. The second-order valence-corrected chi connectivity index (χ2v) is 8.36. The van der Waals surface area contributed by atoms with Gasteiger partial charge in [0.15, 0.2) is 6.29 Å². The Bertz CT molecular complexity index is 1070. The van der Waals surface area contributed by atoms with Crippen LogP contribution < -0.4 is 16.0 Å². The second kappa shape index (κ2) is 10.9. The van der Waals surface area contributed by atoms with Crippen molar-refractivity contribution in [2.75, 3.05) is 38.2 Å². The van der Waals surface area contributed by atoms with E-state index < -0.39 is 6.29 Å². The second-order valence-electron chi connectivity index (χ2n) is 8.36. The van der Waals surface area contributed by atoms with Gasteiger partial charge >= 0.3 is 0 Å². The van der Waals surface area contributed by atoms with Crippen molar-refractivity contribution in [3.63, 3.8) is 0 Å². The van der Waals surface area contributed by atoms with Gasteiger partial charge in [-0.05, 0) is 38.0 Å². The van der Waals surface area contributed by atoms with Gasteiger partial charge in [-0.25, -0.2) is 9.97 Å². The zero-order chi connectivity index (χ0) is 24.1. The summed E-state index contributed by atoms with van der Waals surface area (Å²) in [7, 11) is 0. The largest absolute Gasteiger partial charge is 0.363 e. The summed E-state index contributed by atoms with van der Waals surface area (Å²) in [5.74, 6) is 0.868. The Morgan fingerprint density at radius 3 is 2.74 bits per heavy atom. The van der Waals surface area contributed by atoms with Gasteiger partial charge in [0.05, 0.1) is 55.2 Å². The first-order valence-electron chi connectivity index (χ1n) is 11.4. The van der Waals surface area contributed by atoms with E-state index >= 15 is 0 Å². The van der Waals surface area contributed by atoms with Crippen molar-refractivity contribution in [2.24, 2.45) is 0 Å². The fourth-order valence-corrected chi connectivity index (χ4v) is 4.22. The van der Waals surface area contributed by atoms with E-state index in [1.165, 1.54) is 0 Å². The van der Waals surface area contributed by atoms with Crippen LogP contribution in [0.4, 0.5) is 5.82 Å². The number of rotatable bonds is 7. The lowest BCUT2D eigenvalue weighted by Crippen LogP contribution is -2.49. The number of carbonyl (C=O) groups excluding carboxylic acids is 1. The number of nitrogens with one attached hydrogen (secondary N) is 3. The minimum absolute atomic E-state index is 0.0355. The van der Waals surface area contributed by atoms with Gasteiger partial charge in [0.1, 0.15) is 17.9 Å². The Hall–Kier alpha value is -3.10. The van der Waals surface area contributed by atoms with Gasteiger partial charge in [-0.15, -0.1) is 0 Å². The number of anilines is 1. The molecule has 10 nitrogen and oxygen atoms in total. The summed E-state index contributed by atoms with van der Waals surface area (Å²) in [6.07, 6.45) is -1.01. The molecule has 2 aliphatic heterocycles. The van der Waals surface area contributed by atoms with Crippen LogP contribution in [0.1, 0.15) is 53.0 Å². The van der Waals surface area contributed by atoms with Crippen LogP contribution in [0.15, 0.2) is 18.2 Å². The van der Waals surface area contributed by atoms with Crippen LogP contribution in [0.5, 0.6) is 0 Å². The van der Waals surface area contributed by atoms with E-state index in [1.54, 1.807) is 13.0 Å². The van der Waals surface area contributed by atoms with Crippen LogP contribution in [0.25, 0.3) is 0 Å². The fraction of sp³-hybridized carbons (Fsp3) is 0.500. The van der Waals surface area contributed by atoms with Gasteiger partial charge in [0.2, 0.25) is 5.91 Å². The number of hydrogen-bond donors (Lipinski definition) is 3. The highest BCUT2D eigenvalue weighted by Gasteiger charge is 2.29. The molecule has 4 rings (SSSR count). The van der Waals surface area contributed by atoms with Gasteiger partial charge in [-0.1, -0.05) is 12.1 Å². The van der Waals surface area contributed by atoms with Crippen molar-refractivity contribution < 1.29 is 19.0 Å². The maximum atomic E-state index is 12.8. The van der Waals surface area contributed by atoms with Crippen LogP contribution >= 0.6 is 0 Å². The van der Waals surface area contributed by atoms with E-state index in [-0.39, 0.29) is 24.6 Å². The number of carbonyl (C=O) groups is 1. The van der Waals surface area contributed by atoms with E-state index in [0.29, 0.717) is 54.8 Å². The van der Waals surface area contributed by atoms with E-state index in [1.807, 2.05) is 26.0 Å². The highest BCUT2D eigenvalue weighted by Crippen LogP contribution is 2.34. The van der Waals surface area contributed by atoms with Crippen LogP contribution in [0.3, 0.4) is 0 Å². The summed E-state index contributed by atoms with van der Waals surface area (Å²) in [4.78, 5) is 22.0. The molecular weight excluding hydrogens is 436 g/mol. The summed E-state index contributed by atoms with van der Waals surface area (Å²) in [6, 6.07) is 7.72. The van der Waals surface area contributed by atoms with E-state index in [4.69, 9.17) is 14.2 Å². The molecule has 0 saturated carbocycles. The fourth-order valence-electron chi connectivity index (χ4n) is 4.22. The standard InChI is InChI=1S/C24H30N6O4/c1-14-17(12-25)5-4-6-18(14)15(2)27-23-22(24-33-9-10-34-24)19(28-16(3)29-23)11-20(31)30-21-13-26-7-8-32-21/h4-6,15,21,24,26H,7-11,13H2,1-3H3,(H,30,31)(H,27,28,29)/t15?,21-/m1/s1. The number of aryl methyl sites for hydroxylation is 1. The molecule has 0 radical (unpaired) electrons. The number of aromatic nitrogens is 2. The molecular formula is C24H30N6O4. The van der Waals surface area contributed by atoms with Gasteiger partial charge in [-0.3, -0.25) is 4.79 Å². The molecule has 1 unspecified atom stereocenters. The number of amides is 1. The Kier molecular flexibility index (Phi) is 7.70. The normalized spacial score (nSPS) is 19.4. The zero-order valence-electron chi connectivity index (χ0n) is 19.7. The molecule has 2 fully saturated rings. The maximum absolute atomic E-state index is 12.8. The summed E-state index contributed by atoms with van der Waals surface area (Å²) >= 11 is 0. The third-order valence-electron chi connectivity index (χ3n) is 5.89. The summed E-state index contributed by atoms with van der Waals surface area (Å²) in [5, 5.41) is 18.9. The SMILES string of the molecule is Cc1nc(CC(=O)N[C@H]2CNCCO2)c(C2OCCO2)c(NC(C)c2cccc(C#N)c2C)n1. The first-order valence-corrected chi connectivity index (χ1v) is 11.4. The summed E-state index contributed by atoms with van der Waals surface area (Å²) < 4.78 is 17.2.